The van der Waals surface area contributed by atoms with Crippen molar-refractivity contribution < 1.29 is 4.79 Å². The van der Waals surface area contributed by atoms with Crippen molar-refractivity contribution in [1.82, 2.24) is 4.98 Å². The SMILES string of the molecule is NC(=S)c1cc(Br)ccc1NC(=O)c1c[nH]ccc1=O. The summed E-state index contributed by atoms with van der Waals surface area (Å²) in [5, 5.41) is 2.63. The Morgan fingerprint density at radius 2 is 2.05 bits per heavy atom. The van der Waals surface area contributed by atoms with Crippen molar-refractivity contribution >= 4 is 44.7 Å². The Labute approximate surface area is 128 Å². The first kappa shape index (κ1) is 14.4. The third-order valence-electron chi connectivity index (χ3n) is 2.56. The highest BCUT2D eigenvalue weighted by Crippen LogP contribution is 2.21. The van der Waals surface area contributed by atoms with E-state index >= 15 is 0 Å². The van der Waals surface area contributed by atoms with Gasteiger partial charge in [-0.25, -0.2) is 0 Å². The molecule has 0 saturated heterocycles. The second kappa shape index (κ2) is 5.98. The van der Waals surface area contributed by atoms with Crippen LogP contribution >= 0.6 is 28.1 Å². The number of H-pyrrole nitrogens is 1. The van der Waals surface area contributed by atoms with Gasteiger partial charge in [-0.2, -0.15) is 0 Å². The van der Waals surface area contributed by atoms with E-state index in [1.54, 1.807) is 18.2 Å². The minimum atomic E-state index is -0.522. The number of rotatable bonds is 3. The first-order valence-corrected chi connectivity index (χ1v) is 6.77. The third-order valence-corrected chi connectivity index (χ3v) is 3.28. The van der Waals surface area contributed by atoms with Gasteiger partial charge in [0.05, 0.1) is 5.69 Å². The summed E-state index contributed by atoms with van der Waals surface area (Å²) in [5.74, 6) is -0.522. The number of carbonyl (C=O) groups is 1. The van der Waals surface area contributed by atoms with E-state index in [4.69, 9.17) is 18.0 Å². The van der Waals surface area contributed by atoms with Crippen molar-refractivity contribution in [1.29, 1.82) is 0 Å². The molecule has 0 unspecified atom stereocenters. The van der Waals surface area contributed by atoms with Gasteiger partial charge < -0.3 is 16.0 Å². The molecular weight excluding hydrogens is 342 g/mol. The molecule has 0 saturated carbocycles. The monoisotopic (exact) mass is 351 g/mol. The van der Waals surface area contributed by atoms with Gasteiger partial charge in [0.25, 0.3) is 5.91 Å². The number of halogens is 1. The third kappa shape index (κ3) is 3.12. The minimum absolute atomic E-state index is 0.0179. The lowest BCUT2D eigenvalue weighted by Gasteiger charge is -2.10. The summed E-state index contributed by atoms with van der Waals surface area (Å²) in [4.78, 5) is 26.5. The zero-order chi connectivity index (χ0) is 14.7. The Balaban J connectivity index is 2.36. The van der Waals surface area contributed by atoms with Gasteiger partial charge in [0.2, 0.25) is 0 Å². The average molecular weight is 352 g/mol. The largest absolute Gasteiger partial charge is 0.389 e. The van der Waals surface area contributed by atoms with E-state index in [0.29, 0.717) is 11.3 Å². The van der Waals surface area contributed by atoms with E-state index in [-0.39, 0.29) is 16.0 Å². The van der Waals surface area contributed by atoms with Gasteiger partial charge in [-0.3, -0.25) is 9.59 Å². The van der Waals surface area contributed by atoms with E-state index in [9.17, 15) is 9.59 Å². The highest BCUT2D eigenvalue weighted by Gasteiger charge is 2.13. The van der Waals surface area contributed by atoms with Crippen LogP contribution in [-0.2, 0) is 0 Å². The smallest absolute Gasteiger partial charge is 0.261 e. The molecule has 4 N–H and O–H groups in total. The molecule has 7 heteroatoms. The number of benzene rings is 1. The molecular formula is C13H10BrN3O2S. The molecule has 2 rings (SSSR count). The molecule has 5 nitrogen and oxygen atoms in total. The number of carbonyl (C=O) groups excluding carboxylic acids is 1. The summed E-state index contributed by atoms with van der Waals surface area (Å²) in [7, 11) is 0. The van der Waals surface area contributed by atoms with Gasteiger partial charge in [-0.1, -0.05) is 28.1 Å². The van der Waals surface area contributed by atoms with Crippen molar-refractivity contribution in [2.45, 2.75) is 0 Å². The van der Waals surface area contributed by atoms with Crippen molar-refractivity contribution in [2.24, 2.45) is 5.73 Å². The van der Waals surface area contributed by atoms with Crippen LogP contribution in [0.3, 0.4) is 0 Å². The van der Waals surface area contributed by atoms with Gasteiger partial charge in [-0.15, -0.1) is 0 Å². The van der Waals surface area contributed by atoms with Gasteiger partial charge in [0.1, 0.15) is 10.6 Å². The zero-order valence-corrected chi connectivity index (χ0v) is 12.5. The molecule has 0 aliphatic carbocycles. The lowest BCUT2D eigenvalue weighted by Crippen LogP contribution is -2.22. The van der Waals surface area contributed by atoms with Crippen LogP contribution in [-0.4, -0.2) is 15.9 Å². The predicted molar refractivity (Wildman–Crippen MR) is 85.0 cm³/mol. The maximum atomic E-state index is 12.1. The number of anilines is 1. The first-order valence-electron chi connectivity index (χ1n) is 5.57. The van der Waals surface area contributed by atoms with Crippen molar-refractivity contribution in [3.63, 3.8) is 0 Å². The van der Waals surface area contributed by atoms with Crippen LogP contribution in [0.15, 0.2) is 45.9 Å². The number of hydrogen-bond acceptors (Lipinski definition) is 3. The zero-order valence-electron chi connectivity index (χ0n) is 10.1. The number of aromatic amines is 1. The topological polar surface area (TPSA) is 88.0 Å². The Kier molecular flexibility index (Phi) is 4.31. The number of hydrogen-bond donors (Lipinski definition) is 3. The number of thiocarbonyl (C=S) groups is 1. The van der Waals surface area contributed by atoms with Gasteiger partial charge in [0.15, 0.2) is 5.43 Å². The van der Waals surface area contributed by atoms with E-state index in [0.717, 1.165) is 4.47 Å². The molecule has 102 valence electrons. The van der Waals surface area contributed by atoms with Crippen LogP contribution in [0, 0.1) is 0 Å². The normalized spacial score (nSPS) is 10.1. The van der Waals surface area contributed by atoms with Crippen LogP contribution < -0.4 is 16.5 Å². The number of pyridine rings is 1. The standard InChI is InChI=1S/C13H10BrN3O2S/c14-7-1-2-10(8(5-7)12(15)20)17-13(19)9-6-16-4-3-11(9)18/h1-6H,(H2,15,20)(H,16,18)(H,17,19). The predicted octanol–water partition coefficient (Wildman–Crippen LogP) is 2.02. The Morgan fingerprint density at radius 3 is 2.70 bits per heavy atom. The molecule has 0 bridgehead atoms. The molecule has 0 radical (unpaired) electrons. The summed E-state index contributed by atoms with van der Waals surface area (Å²) >= 11 is 8.25. The fourth-order valence-corrected chi connectivity index (χ4v) is 2.14. The molecule has 1 amide bonds. The van der Waals surface area contributed by atoms with Crippen LogP contribution in [0.5, 0.6) is 0 Å². The van der Waals surface area contributed by atoms with Gasteiger partial charge in [0, 0.05) is 28.5 Å². The number of amides is 1. The Bertz CT molecular complexity index is 742. The maximum Gasteiger partial charge on any atom is 0.261 e. The quantitative estimate of drug-likeness (QED) is 0.738. The maximum absolute atomic E-state index is 12.1. The highest BCUT2D eigenvalue weighted by molar-refractivity contribution is 9.10. The van der Waals surface area contributed by atoms with Crippen molar-refractivity contribution in [3.8, 4) is 0 Å². The Hall–Kier alpha value is -1.99. The molecule has 1 heterocycles. The molecule has 0 aliphatic rings. The van der Waals surface area contributed by atoms with E-state index in [1.807, 2.05) is 0 Å². The van der Waals surface area contributed by atoms with Crippen LogP contribution in [0.25, 0.3) is 0 Å². The lowest BCUT2D eigenvalue weighted by atomic mass is 10.1. The molecule has 0 spiro atoms. The van der Waals surface area contributed by atoms with Crippen molar-refractivity contribution in [2.75, 3.05) is 5.32 Å². The molecule has 0 atom stereocenters. The molecule has 1 aromatic carbocycles. The molecule has 20 heavy (non-hydrogen) atoms. The average Bonchev–Trinajstić information content (AvgIpc) is 2.41. The van der Waals surface area contributed by atoms with Crippen LogP contribution in [0.1, 0.15) is 15.9 Å². The fraction of sp³-hybridized carbons (Fsp3) is 0. The second-order valence-electron chi connectivity index (χ2n) is 3.93. The first-order chi connectivity index (χ1) is 9.49. The molecule has 0 aliphatic heterocycles. The summed E-state index contributed by atoms with van der Waals surface area (Å²) in [6.07, 6.45) is 2.80. The van der Waals surface area contributed by atoms with Crippen molar-refractivity contribution in [3.05, 3.63) is 62.5 Å². The van der Waals surface area contributed by atoms with E-state index in [2.05, 4.69) is 26.2 Å². The Morgan fingerprint density at radius 1 is 1.30 bits per heavy atom. The molecule has 0 fully saturated rings. The van der Waals surface area contributed by atoms with Gasteiger partial charge in [-0.05, 0) is 18.2 Å². The number of nitrogens with one attached hydrogen (secondary N) is 2. The van der Waals surface area contributed by atoms with Gasteiger partial charge >= 0.3 is 0 Å². The highest BCUT2D eigenvalue weighted by atomic mass is 79.9. The van der Waals surface area contributed by atoms with E-state index in [1.165, 1.54) is 18.5 Å². The summed E-state index contributed by atoms with van der Waals surface area (Å²) < 4.78 is 0.788. The fourth-order valence-electron chi connectivity index (χ4n) is 1.61. The summed E-state index contributed by atoms with van der Waals surface area (Å²) in [5.41, 5.74) is 6.25. The van der Waals surface area contributed by atoms with Crippen LogP contribution in [0.4, 0.5) is 5.69 Å². The number of nitrogens with two attached hydrogens (primary N) is 1. The summed E-state index contributed by atoms with van der Waals surface area (Å²) in [6.45, 7) is 0. The van der Waals surface area contributed by atoms with Crippen LogP contribution in [0.2, 0.25) is 0 Å². The summed E-state index contributed by atoms with van der Waals surface area (Å²) in [6, 6.07) is 6.39. The molecule has 1 aromatic heterocycles. The minimum Gasteiger partial charge on any atom is -0.389 e. The second-order valence-corrected chi connectivity index (χ2v) is 5.29. The van der Waals surface area contributed by atoms with E-state index < -0.39 is 5.91 Å². The molecule has 2 aromatic rings. The lowest BCUT2D eigenvalue weighted by molar-refractivity contribution is 0.102. The number of aromatic nitrogens is 1.